The summed E-state index contributed by atoms with van der Waals surface area (Å²) in [5.74, 6) is -1.08. The van der Waals surface area contributed by atoms with Crippen LogP contribution in [0.2, 0.25) is 0 Å². The Bertz CT molecular complexity index is 572. The van der Waals surface area contributed by atoms with Crippen LogP contribution in [-0.4, -0.2) is 16.1 Å². The summed E-state index contributed by atoms with van der Waals surface area (Å²) in [4.78, 5) is 13.0. The van der Waals surface area contributed by atoms with Gasteiger partial charge in [-0.2, -0.15) is 13.2 Å². The number of nitrogens with one attached hydrogen (secondary N) is 1. The van der Waals surface area contributed by atoms with Crippen molar-refractivity contribution in [3.8, 4) is 0 Å². The van der Waals surface area contributed by atoms with Gasteiger partial charge in [-0.25, -0.2) is 0 Å². The molecule has 2 N–H and O–H groups in total. The molecule has 0 spiro atoms. The predicted octanol–water partition coefficient (Wildman–Crippen LogP) is 2.81. The van der Waals surface area contributed by atoms with Gasteiger partial charge in [-0.1, -0.05) is 6.07 Å². The Balaban J connectivity index is 2.54. The first-order valence-corrected chi connectivity index (χ1v) is 4.77. The van der Waals surface area contributed by atoms with E-state index < -0.39 is 17.7 Å². The van der Waals surface area contributed by atoms with Crippen molar-refractivity contribution in [1.82, 2.24) is 4.98 Å². The maximum absolute atomic E-state index is 12.6. The van der Waals surface area contributed by atoms with Crippen LogP contribution < -0.4 is 0 Å². The van der Waals surface area contributed by atoms with Crippen LogP contribution in [-0.2, 0) is 17.4 Å². The molecule has 0 bridgehead atoms. The number of aromatic nitrogens is 1. The smallest absolute Gasteiger partial charge is 0.418 e. The van der Waals surface area contributed by atoms with E-state index in [9.17, 15) is 18.0 Å². The van der Waals surface area contributed by atoms with E-state index in [-0.39, 0.29) is 11.8 Å². The SMILES string of the molecule is O=C(O)Cc1ccc2[nH]cc(C(F)(F)F)c2c1. The van der Waals surface area contributed by atoms with Crippen molar-refractivity contribution in [2.75, 3.05) is 0 Å². The molecule has 0 unspecified atom stereocenters. The predicted molar refractivity (Wildman–Crippen MR) is 54.6 cm³/mol. The first-order valence-electron chi connectivity index (χ1n) is 4.77. The molecule has 3 nitrogen and oxygen atoms in total. The van der Waals surface area contributed by atoms with Crippen molar-refractivity contribution in [1.29, 1.82) is 0 Å². The van der Waals surface area contributed by atoms with Crippen molar-refractivity contribution in [2.24, 2.45) is 0 Å². The van der Waals surface area contributed by atoms with Crippen LogP contribution in [0.25, 0.3) is 10.9 Å². The monoisotopic (exact) mass is 243 g/mol. The van der Waals surface area contributed by atoms with Crippen LogP contribution in [0.4, 0.5) is 13.2 Å². The lowest BCUT2D eigenvalue weighted by Crippen LogP contribution is -2.04. The number of alkyl halides is 3. The van der Waals surface area contributed by atoms with Crippen LogP contribution in [0.15, 0.2) is 24.4 Å². The van der Waals surface area contributed by atoms with Crippen LogP contribution in [0.3, 0.4) is 0 Å². The van der Waals surface area contributed by atoms with Gasteiger partial charge in [-0.3, -0.25) is 4.79 Å². The zero-order chi connectivity index (χ0) is 12.6. The fourth-order valence-corrected chi connectivity index (χ4v) is 1.69. The number of aliphatic carboxylic acids is 1. The highest BCUT2D eigenvalue weighted by Crippen LogP contribution is 2.35. The minimum Gasteiger partial charge on any atom is -0.481 e. The number of carboxylic acids is 1. The standard InChI is InChI=1S/C11H8F3NO2/c12-11(13,14)8-5-15-9-2-1-6(3-7(8)9)4-10(16)17/h1-3,5,15H,4H2,(H,16,17). The third-order valence-corrected chi connectivity index (χ3v) is 2.41. The summed E-state index contributed by atoms with van der Waals surface area (Å²) < 4.78 is 37.8. The molecule has 0 fully saturated rings. The van der Waals surface area contributed by atoms with Gasteiger partial charge in [-0.05, 0) is 17.7 Å². The maximum atomic E-state index is 12.6. The molecule has 2 aromatic rings. The Hall–Kier alpha value is -1.98. The van der Waals surface area contributed by atoms with Crippen molar-refractivity contribution >= 4 is 16.9 Å². The Kier molecular flexibility index (Phi) is 2.57. The number of carboxylic acid groups (broad SMARTS) is 1. The van der Waals surface area contributed by atoms with E-state index in [2.05, 4.69) is 4.98 Å². The van der Waals surface area contributed by atoms with Crippen LogP contribution in [0, 0.1) is 0 Å². The van der Waals surface area contributed by atoms with Crippen molar-refractivity contribution < 1.29 is 23.1 Å². The minimum absolute atomic E-state index is 0.00347. The molecular weight excluding hydrogens is 235 g/mol. The number of benzene rings is 1. The molecule has 0 atom stereocenters. The summed E-state index contributed by atoms with van der Waals surface area (Å²) in [6, 6.07) is 4.19. The van der Waals surface area contributed by atoms with Gasteiger partial charge in [0.2, 0.25) is 0 Å². The van der Waals surface area contributed by atoms with Gasteiger partial charge in [0.15, 0.2) is 0 Å². The van der Waals surface area contributed by atoms with Gasteiger partial charge >= 0.3 is 12.1 Å². The van der Waals surface area contributed by atoms with Gasteiger partial charge in [0.05, 0.1) is 12.0 Å². The average Bonchev–Trinajstić information content (AvgIpc) is 2.58. The number of aromatic amines is 1. The average molecular weight is 243 g/mol. The Labute approximate surface area is 93.9 Å². The van der Waals surface area contributed by atoms with Gasteiger partial charge in [0.25, 0.3) is 0 Å². The third kappa shape index (κ3) is 2.25. The highest BCUT2D eigenvalue weighted by Gasteiger charge is 2.33. The summed E-state index contributed by atoms with van der Waals surface area (Å²) >= 11 is 0. The lowest BCUT2D eigenvalue weighted by atomic mass is 10.1. The number of hydrogen-bond donors (Lipinski definition) is 2. The second-order valence-electron chi connectivity index (χ2n) is 3.65. The van der Waals surface area contributed by atoms with E-state index in [1.807, 2.05) is 0 Å². The van der Waals surface area contributed by atoms with E-state index in [0.29, 0.717) is 11.1 Å². The van der Waals surface area contributed by atoms with Crippen molar-refractivity contribution in [2.45, 2.75) is 12.6 Å². The largest absolute Gasteiger partial charge is 0.481 e. The highest BCUT2D eigenvalue weighted by atomic mass is 19.4. The molecule has 2 rings (SSSR count). The molecule has 6 heteroatoms. The molecule has 1 aromatic heterocycles. The first-order chi connectivity index (χ1) is 7.88. The van der Waals surface area contributed by atoms with Gasteiger partial charge in [0.1, 0.15) is 0 Å². The molecule has 0 aliphatic rings. The summed E-state index contributed by atoms with van der Waals surface area (Å²) in [6.07, 6.45) is -3.85. The van der Waals surface area contributed by atoms with Crippen molar-refractivity contribution in [3.05, 3.63) is 35.5 Å². The zero-order valence-corrected chi connectivity index (χ0v) is 8.51. The zero-order valence-electron chi connectivity index (χ0n) is 8.51. The number of fused-ring (bicyclic) bond motifs is 1. The quantitative estimate of drug-likeness (QED) is 0.852. The minimum atomic E-state index is -4.44. The fourth-order valence-electron chi connectivity index (χ4n) is 1.69. The van der Waals surface area contributed by atoms with Crippen molar-refractivity contribution in [3.63, 3.8) is 0 Å². The molecule has 0 radical (unpaired) electrons. The third-order valence-electron chi connectivity index (χ3n) is 2.41. The first kappa shape index (κ1) is 11.5. The molecule has 0 amide bonds. The number of halogens is 3. The maximum Gasteiger partial charge on any atom is 0.418 e. The summed E-state index contributed by atoms with van der Waals surface area (Å²) in [7, 11) is 0. The van der Waals surface area contributed by atoms with Crippen LogP contribution >= 0.6 is 0 Å². The molecule has 0 saturated heterocycles. The van der Waals surface area contributed by atoms with E-state index in [1.54, 1.807) is 0 Å². The van der Waals surface area contributed by atoms with E-state index in [4.69, 9.17) is 5.11 Å². The molecular formula is C11H8F3NO2. The van der Waals surface area contributed by atoms with Gasteiger partial charge in [0, 0.05) is 17.1 Å². The Morgan fingerprint density at radius 1 is 1.35 bits per heavy atom. The van der Waals surface area contributed by atoms with E-state index in [1.165, 1.54) is 18.2 Å². The lowest BCUT2D eigenvalue weighted by molar-refractivity contribution is -0.137. The topological polar surface area (TPSA) is 53.1 Å². The van der Waals surface area contributed by atoms with E-state index >= 15 is 0 Å². The summed E-state index contributed by atoms with van der Waals surface area (Å²) in [5, 5.41) is 8.59. The van der Waals surface area contributed by atoms with Crippen LogP contribution in [0.5, 0.6) is 0 Å². The Morgan fingerprint density at radius 3 is 2.65 bits per heavy atom. The van der Waals surface area contributed by atoms with Gasteiger partial charge < -0.3 is 10.1 Å². The number of hydrogen-bond acceptors (Lipinski definition) is 1. The molecule has 1 aromatic carbocycles. The number of rotatable bonds is 2. The highest BCUT2D eigenvalue weighted by molar-refractivity contribution is 5.85. The van der Waals surface area contributed by atoms with Gasteiger partial charge in [-0.15, -0.1) is 0 Å². The molecule has 90 valence electrons. The molecule has 17 heavy (non-hydrogen) atoms. The molecule has 0 aliphatic heterocycles. The lowest BCUT2D eigenvalue weighted by Gasteiger charge is -2.04. The molecule has 0 aliphatic carbocycles. The van der Waals surface area contributed by atoms with Crippen LogP contribution in [0.1, 0.15) is 11.1 Å². The van der Waals surface area contributed by atoms with E-state index in [0.717, 1.165) is 6.20 Å². The fraction of sp³-hybridized carbons (Fsp3) is 0.182. The summed E-state index contributed by atoms with van der Waals surface area (Å²) in [6.45, 7) is 0. The normalized spacial score (nSPS) is 11.9. The molecule has 1 heterocycles. The summed E-state index contributed by atoms with van der Waals surface area (Å²) in [5.41, 5.74) is -0.0960. The number of carbonyl (C=O) groups is 1. The molecule has 0 saturated carbocycles. The second kappa shape index (κ2) is 3.80. The Morgan fingerprint density at radius 2 is 2.06 bits per heavy atom. The number of H-pyrrole nitrogens is 1. The second-order valence-corrected chi connectivity index (χ2v) is 3.65.